The van der Waals surface area contributed by atoms with Gasteiger partial charge in [0.05, 0.1) is 12.2 Å². The highest BCUT2D eigenvalue weighted by atomic mass is 16.5. The molecule has 1 aliphatic rings. The molecule has 1 saturated heterocycles. The van der Waals surface area contributed by atoms with Gasteiger partial charge in [0.25, 0.3) is 0 Å². The van der Waals surface area contributed by atoms with Crippen LogP contribution in [0.2, 0.25) is 0 Å². The van der Waals surface area contributed by atoms with Crippen molar-refractivity contribution in [1.29, 1.82) is 0 Å². The molecule has 2 aromatic carbocycles. The number of para-hydroxylation sites is 1. The fourth-order valence-corrected chi connectivity index (χ4v) is 3.30. The van der Waals surface area contributed by atoms with Gasteiger partial charge in [-0.1, -0.05) is 53.7 Å². The molecule has 6 nitrogen and oxygen atoms in total. The van der Waals surface area contributed by atoms with Gasteiger partial charge in [-0.3, -0.25) is 4.79 Å². The lowest BCUT2D eigenvalue weighted by molar-refractivity contribution is -0.137. The summed E-state index contributed by atoms with van der Waals surface area (Å²) in [6.45, 7) is 1.79. The highest BCUT2D eigenvalue weighted by Crippen LogP contribution is 2.22. The molecule has 0 unspecified atom stereocenters. The number of nitrogens with zero attached hydrogens (tertiary/aromatic N) is 4. The second-order valence-electron chi connectivity index (χ2n) is 7.08. The molecule has 0 aliphatic carbocycles. The maximum Gasteiger partial charge on any atom is 0.222 e. The average molecular weight is 376 g/mol. The number of hydrogen-bond donors (Lipinski definition) is 0. The third-order valence-electron chi connectivity index (χ3n) is 4.98. The van der Waals surface area contributed by atoms with E-state index in [1.54, 1.807) is 0 Å². The van der Waals surface area contributed by atoms with Crippen LogP contribution in [0.3, 0.4) is 0 Å². The van der Waals surface area contributed by atoms with Gasteiger partial charge in [0, 0.05) is 19.5 Å². The highest BCUT2D eigenvalue weighted by Gasteiger charge is 2.32. The standard InChI is InChI=1S/C22H24N4O2/c27-22(13-7-10-18-8-3-1-4-9-18)25-15-20(16-25)26-14-19(23-24-26)17-28-21-11-5-2-6-12-21/h1-6,8-9,11-12,14,20H,7,10,13,15-17H2. The summed E-state index contributed by atoms with van der Waals surface area (Å²) in [6, 6.07) is 20.2. The molecule has 0 N–H and O–H groups in total. The Hall–Kier alpha value is -3.15. The minimum absolute atomic E-state index is 0.205. The van der Waals surface area contributed by atoms with Crippen LogP contribution in [0.1, 0.15) is 30.1 Å². The molecule has 3 aromatic rings. The van der Waals surface area contributed by atoms with Crippen LogP contribution in [-0.2, 0) is 17.8 Å². The molecule has 0 atom stereocenters. The number of rotatable bonds is 8. The summed E-state index contributed by atoms with van der Waals surface area (Å²) in [5.74, 6) is 1.04. The largest absolute Gasteiger partial charge is 0.487 e. The molecular weight excluding hydrogens is 352 g/mol. The van der Waals surface area contributed by atoms with Crippen LogP contribution in [0, 0.1) is 0 Å². The lowest BCUT2D eigenvalue weighted by Gasteiger charge is -2.39. The Morgan fingerprint density at radius 3 is 2.50 bits per heavy atom. The molecule has 6 heteroatoms. The molecule has 0 bridgehead atoms. The van der Waals surface area contributed by atoms with Gasteiger partial charge in [0.1, 0.15) is 18.1 Å². The molecule has 2 heterocycles. The fourth-order valence-electron chi connectivity index (χ4n) is 3.30. The number of carbonyl (C=O) groups excluding carboxylic acids is 1. The maximum absolute atomic E-state index is 12.3. The number of amides is 1. The zero-order valence-electron chi connectivity index (χ0n) is 15.8. The number of aromatic nitrogens is 3. The average Bonchev–Trinajstić information content (AvgIpc) is 3.15. The van der Waals surface area contributed by atoms with E-state index in [9.17, 15) is 4.79 Å². The normalized spacial score (nSPS) is 13.9. The van der Waals surface area contributed by atoms with E-state index in [0.29, 0.717) is 26.1 Å². The Morgan fingerprint density at radius 1 is 1.04 bits per heavy atom. The van der Waals surface area contributed by atoms with Crippen molar-refractivity contribution in [2.75, 3.05) is 13.1 Å². The number of carbonyl (C=O) groups is 1. The first kappa shape index (κ1) is 18.2. The van der Waals surface area contributed by atoms with E-state index < -0.39 is 0 Å². The van der Waals surface area contributed by atoms with Crippen molar-refractivity contribution in [2.45, 2.75) is 31.9 Å². The molecular formula is C22H24N4O2. The SMILES string of the molecule is O=C(CCCc1ccccc1)N1CC(n2cc(COc3ccccc3)nn2)C1. The van der Waals surface area contributed by atoms with Gasteiger partial charge in [-0.2, -0.15) is 0 Å². The topological polar surface area (TPSA) is 60.2 Å². The molecule has 1 fully saturated rings. The smallest absolute Gasteiger partial charge is 0.222 e. The van der Waals surface area contributed by atoms with Gasteiger partial charge in [0.15, 0.2) is 0 Å². The molecule has 1 amide bonds. The fraction of sp³-hybridized carbons (Fsp3) is 0.318. The van der Waals surface area contributed by atoms with Crippen molar-refractivity contribution in [3.8, 4) is 5.75 Å². The number of benzene rings is 2. The molecule has 28 heavy (non-hydrogen) atoms. The van der Waals surface area contributed by atoms with Crippen LogP contribution < -0.4 is 4.74 Å². The summed E-state index contributed by atoms with van der Waals surface area (Å²) < 4.78 is 7.54. The lowest BCUT2D eigenvalue weighted by atomic mass is 10.1. The van der Waals surface area contributed by atoms with Crippen LogP contribution in [0.4, 0.5) is 0 Å². The second kappa shape index (κ2) is 8.69. The van der Waals surface area contributed by atoms with Crippen LogP contribution in [0.15, 0.2) is 66.9 Å². The highest BCUT2D eigenvalue weighted by molar-refractivity contribution is 5.77. The molecule has 1 aliphatic heterocycles. The van der Waals surface area contributed by atoms with Crippen LogP contribution in [-0.4, -0.2) is 38.9 Å². The zero-order valence-corrected chi connectivity index (χ0v) is 15.8. The Bertz CT molecular complexity index is 889. The number of hydrogen-bond acceptors (Lipinski definition) is 4. The Kier molecular flexibility index (Phi) is 5.66. The lowest BCUT2D eigenvalue weighted by Crippen LogP contribution is -2.50. The first-order valence-electron chi connectivity index (χ1n) is 9.68. The first-order valence-corrected chi connectivity index (χ1v) is 9.68. The van der Waals surface area contributed by atoms with Gasteiger partial charge < -0.3 is 9.64 Å². The summed E-state index contributed by atoms with van der Waals surface area (Å²) in [5, 5.41) is 8.37. The molecule has 1 aromatic heterocycles. The van der Waals surface area contributed by atoms with E-state index in [0.717, 1.165) is 24.3 Å². The predicted molar refractivity (Wildman–Crippen MR) is 106 cm³/mol. The second-order valence-corrected chi connectivity index (χ2v) is 7.08. The van der Waals surface area contributed by atoms with Gasteiger partial charge in [-0.05, 0) is 30.5 Å². The summed E-state index contributed by atoms with van der Waals surface area (Å²) >= 11 is 0. The third kappa shape index (κ3) is 4.57. The molecule has 0 saturated carbocycles. The maximum atomic E-state index is 12.3. The molecule has 0 spiro atoms. The molecule has 0 radical (unpaired) electrons. The van der Waals surface area contributed by atoms with Crippen molar-refractivity contribution in [2.24, 2.45) is 0 Å². The van der Waals surface area contributed by atoms with E-state index >= 15 is 0 Å². The summed E-state index contributed by atoms with van der Waals surface area (Å²) in [6.07, 6.45) is 4.33. The monoisotopic (exact) mass is 376 g/mol. The van der Waals surface area contributed by atoms with Crippen molar-refractivity contribution >= 4 is 5.91 Å². The number of aryl methyl sites for hydroxylation is 1. The van der Waals surface area contributed by atoms with Gasteiger partial charge in [0.2, 0.25) is 5.91 Å². The Balaban J connectivity index is 1.18. The molecule has 4 rings (SSSR count). The van der Waals surface area contributed by atoms with Crippen LogP contribution >= 0.6 is 0 Å². The van der Waals surface area contributed by atoms with Gasteiger partial charge in [-0.15, -0.1) is 5.10 Å². The van der Waals surface area contributed by atoms with E-state index in [1.165, 1.54) is 5.56 Å². The van der Waals surface area contributed by atoms with Gasteiger partial charge in [-0.25, -0.2) is 4.68 Å². The summed E-state index contributed by atoms with van der Waals surface area (Å²) in [5.41, 5.74) is 2.07. The van der Waals surface area contributed by atoms with E-state index in [-0.39, 0.29) is 11.9 Å². The number of likely N-dealkylation sites (tertiary alicyclic amines) is 1. The number of ether oxygens (including phenoxy) is 1. The minimum atomic E-state index is 0.205. The molecule has 144 valence electrons. The predicted octanol–water partition coefficient (Wildman–Crippen LogP) is 3.26. The van der Waals surface area contributed by atoms with E-state index in [1.807, 2.05) is 64.3 Å². The van der Waals surface area contributed by atoms with Crippen molar-refractivity contribution in [1.82, 2.24) is 19.9 Å². The quantitative estimate of drug-likeness (QED) is 0.605. The summed E-state index contributed by atoms with van der Waals surface area (Å²) in [7, 11) is 0. The van der Waals surface area contributed by atoms with Crippen LogP contribution in [0.5, 0.6) is 5.75 Å². The van der Waals surface area contributed by atoms with Crippen molar-refractivity contribution in [3.63, 3.8) is 0 Å². The summed E-state index contributed by atoms with van der Waals surface area (Å²) in [4.78, 5) is 14.2. The first-order chi connectivity index (χ1) is 13.8. The third-order valence-corrected chi connectivity index (χ3v) is 4.98. The van der Waals surface area contributed by atoms with Crippen molar-refractivity contribution < 1.29 is 9.53 Å². The Labute approximate surface area is 164 Å². The van der Waals surface area contributed by atoms with E-state index in [2.05, 4.69) is 22.4 Å². The van der Waals surface area contributed by atoms with Gasteiger partial charge >= 0.3 is 0 Å². The zero-order chi connectivity index (χ0) is 19.2. The van der Waals surface area contributed by atoms with Crippen LogP contribution in [0.25, 0.3) is 0 Å². The van der Waals surface area contributed by atoms with Crippen molar-refractivity contribution in [3.05, 3.63) is 78.1 Å². The van der Waals surface area contributed by atoms with E-state index in [4.69, 9.17) is 4.74 Å². The minimum Gasteiger partial charge on any atom is -0.487 e. The Morgan fingerprint density at radius 2 is 1.75 bits per heavy atom.